The number of piperidine rings is 1. The lowest BCUT2D eigenvalue weighted by molar-refractivity contribution is -0.123. The predicted octanol–water partition coefficient (Wildman–Crippen LogP) is 3.51. The number of amides is 1. The molecule has 1 aromatic carbocycles. The van der Waals surface area contributed by atoms with E-state index in [-0.39, 0.29) is 12.0 Å². The summed E-state index contributed by atoms with van der Waals surface area (Å²) >= 11 is 3.46. The van der Waals surface area contributed by atoms with Crippen molar-refractivity contribution in [1.82, 2.24) is 4.90 Å². The van der Waals surface area contributed by atoms with Crippen molar-refractivity contribution >= 4 is 28.0 Å². The van der Waals surface area contributed by atoms with Crippen LogP contribution in [0.2, 0.25) is 0 Å². The average molecular weight is 428 g/mol. The number of carbonyl (C=O) groups excluding carboxylic acids is 2. The molecule has 0 bridgehead atoms. The summed E-state index contributed by atoms with van der Waals surface area (Å²) in [6.45, 7) is 4.88. The summed E-state index contributed by atoms with van der Waals surface area (Å²) in [5.41, 5.74) is 1.12. The molecule has 1 fully saturated rings. The topological polar surface area (TPSA) is 74.3 Å². The van der Waals surface area contributed by atoms with Crippen LogP contribution >= 0.6 is 15.9 Å². The Balaban J connectivity index is 1.82. The second kappa shape index (κ2) is 6.98. The third-order valence-corrected chi connectivity index (χ3v) is 5.71. The van der Waals surface area contributed by atoms with E-state index in [2.05, 4.69) is 15.9 Å². The van der Waals surface area contributed by atoms with Crippen LogP contribution in [0.15, 0.2) is 10.5 Å². The van der Waals surface area contributed by atoms with Crippen LogP contribution in [0.5, 0.6) is 11.5 Å². The summed E-state index contributed by atoms with van der Waals surface area (Å²) in [4.78, 5) is 25.3. The van der Waals surface area contributed by atoms with Crippen molar-refractivity contribution in [3.8, 4) is 11.5 Å². The van der Waals surface area contributed by atoms with Gasteiger partial charge in [-0.1, -0.05) is 0 Å². The molecule has 0 radical (unpaired) electrons. The largest absolute Gasteiger partial charge is 0.465 e. The van der Waals surface area contributed by atoms with Gasteiger partial charge in [0.2, 0.25) is 0 Å². The zero-order chi connectivity index (χ0) is 19.1. The van der Waals surface area contributed by atoms with Crippen molar-refractivity contribution in [2.45, 2.75) is 32.5 Å². The number of ether oxygens (including phenoxy) is 4. The highest BCUT2D eigenvalue weighted by Gasteiger charge is 2.47. The number of carbonyl (C=O) groups is 2. The zero-order valence-corrected chi connectivity index (χ0v) is 16.8. The molecule has 0 saturated carbocycles. The monoisotopic (exact) mass is 427 g/mol. The number of fused-ring (bicyclic) bond motifs is 1. The normalized spacial score (nSPS) is 22.3. The first-order valence-electron chi connectivity index (χ1n) is 8.43. The van der Waals surface area contributed by atoms with E-state index in [9.17, 15) is 9.59 Å². The summed E-state index contributed by atoms with van der Waals surface area (Å²) in [5.74, 6) is -0.0315. The molecule has 1 saturated heterocycles. The van der Waals surface area contributed by atoms with Crippen molar-refractivity contribution in [3.63, 3.8) is 0 Å². The molecule has 8 heteroatoms. The van der Waals surface area contributed by atoms with Gasteiger partial charge in [-0.3, -0.25) is 0 Å². The fraction of sp³-hybridized carbons (Fsp3) is 0.556. The fourth-order valence-corrected chi connectivity index (χ4v) is 4.04. The van der Waals surface area contributed by atoms with Crippen molar-refractivity contribution in [2.75, 3.05) is 27.3 Å². The summed E-state index contributed by atoms with van der Waals surface area (Å²) in [5, 5.41) is 0. The van der Waals surface area contributed by atoms with Crippen LogP contribution in [-0.4, -0.2) is 50.1 Å². The van der Waals surface area contributed by atoms with Crippen LogP contribution in [0.3, 0.4) is 0 Å². The lowest BCUT2D eigenvalue weighted by Crippen LogP contribution is -2.49. The van der Waals surface area contributed by atoms with Gasteiger partial charge in [-0.05, 0) is 41.8 Å². The van der Waals surface area contributed by atoms with Crippen LogP contribution in [0.1, 0.15) is 35.7 Å². The van der Waals surface area contributed by atoms with Crippen molar-refractivity contribution in [2.24, 2.45) is 5.92 Å². The number of rotatable bonds is 2. The van der Waals surface area contributed by atoms with E-state index in [0.717, 1.165) is 12.8 Å². The number of halogens is 1. The maximum Gasteiger partial charge on any atom is 0.409 e. The number of esters is 1. The van der Waals surface area contributed by atoms with Crippen molar-refractivity contribution < 1.29 is 28.5 Å². The molecule has 3 rings (SSSR count). The smallest absolute Gasteiger partial charge is 0.409 e. The highest BCUT2D eigenvalue weighted by molar-refractivity contribution is 9.10. The Morgan fingerprint density at radius 2 is 1.81 bits per heavy atom. The van der Waals surface area contributed by atoms with Gasteiger partial charge in [0.1, 0.15) is 0 Å². The standard InChI is InChI=1S/C18H22BrNO6/c1-10-12(16(21)23-3)9-13(19)15-14(10)25-18(2,26-15)11-5-7-20(8-6-11)17(22)24-4/h9,11H,5-8H2,1-4H3/t18-/m1/s1. The minimum atomic E-state index is -0.855. The molecule has 0 spiro atoms. The summed E-state index contributed by atoms with van der Waals surface area (Å²) in [6.07, 6.45) is 1.16. The van der Waals surface area contributed by atoms with Gasteiger partial charge in [-0.25, -0.2) is 9.59 Å². The maximum atomic E-state index is 12.0. The summed E-state index contributed by atoms with van der Waals surface area (Å²) < 4.78 is 22.7. The molecular formula is C18H22BrNO6. The fourth-order valence-electron chi connectivity index (χ4n) is 3.55. The molecule has 2 heterocycles. The molecule has 26 heavy (non-hydrogen) atoms. The number of hydrogen-bond donors (Lipinski definition) is 0. The molecule has 0 unspecified atom stereocenters. The molecule has 0 N–H and O–H groups in total. The molecule has 0 aromatic heterocycles. The van der Waals surface area contributed by atoms with Crippen LogP contribution < -0.4 is 9.47 Å². The first kappa shape index (κ1) is 18.8. The molecule has 142 valence electrons. The van der Waals surface area contributed by atoms with E-state index >= 15 is 0 Å². The Hall–Kier alpha value is -1.96. The first-order chi connectivity index (χ1) is 12.3. The van der Waals surface area contributed by atoms with E-state index in [1.807, 2.05) is 13.8 Å². The predicted molar refractivity (Wildman–Crippen MR) is 96.6 cm³/mol. The van der Waals surface area contributed by atoms with Gasteiger partial charge in [-0.2, -0.15) is 0 Å². The summed E-state index contributed by atoms with van der Waals surface area (Å²) in [6, 6.07) is 1.69. The average Bonchev–Trinajstić information content (AvgIpc) is 3.03. The third kappa shape index (κ3) is 3.11. The van der Waals surface area contributed by atoms with E-state index in [1.165, 1.54) is 14.2 Å². The Bertz CT molecular complexity index is 744. The number of benzene rings is 1. The van der Waals surface area contributed by atoms with Gasteiger partial charge < -0.3 is 23.8 Å². The molecule has 2 aliphatic rings. The minimum Gasteiger partial charge on any atom is -0.465 e. The Morgan fingerprint density at radius 1 is 1.19 bits per heavy atom. The quantitative estimate of drug-likeness (QED) is 0.672. The molecule has 2 aliphatic heterocycles. The maximum absolute atomic E-state index is 12.0. The number of likely N-dealkylation sites (tertiary alicyclic amines) is 1. The Kier molecular flexibility index (Phi) is 5.05. The molecule has 0 aliphatic carbocycles. The highest BCUT2D eigenvalue weighted by Crippen LogP contribution is 2.51. The number of hydrogen-bond acceptors (Lipinski definition) is 6. The molecular weight excluding hydrogens is 406 g/mol. The molecule has 1 aromatic rings. The van der Waals surface area contributed by atoms with Crippen LogP contribution in [0, 0.1) is 12.8 Å². The second-order valence-corrected chi connectivity index (χ2v) is 7.49. The second-order valence-electron chi connectivity index (χ2n) is 6.63. The lowest BCUT2D eigenvalue weighted by Gasteiger charge is -2.38. The summed E-state index contributed by atoms with van der Waals surface area (Å²) in [7, 11) is 2.73. The van der Waals surface area contributed by atoms with E-state index in [0.29, 0.717) is 40.2 Å². The highest BCUT2D eigenvalue weighted by atomic mass is 79.9. The van der Waals surface area contributed by atoms with Gasteiger partial charge in [0, 0.05) is 31.5 Å². The molecule has 1 amide bonds. The van der Waals surface area contributed by atoms with Crippen molar-refractivity contribution in [3.05, 3.63) is 21.7 Å². The lowest BCUT2D eigenvalue weighted by atomic mass is 9.89. The third-order valence-electron chi connectivity index (χ3n) is 5.12. The Morgan fingerprint density at radius 3 is 2.38 bits per heavy atom. The number of nitrogens with zero attached hydrogens (tertiary/aromatic N) is 1. The first-order valence-corrected chi connectivity index (χ1v) is 9.22. The number of methoxy groups -OCH3 is 2. The van der Waals surface area contributed by atoms with E-state index in [1.54, 1.807) is 11.0 Å². The van der Waals surface area contributed by atoms with E-state index in [4.69, 9.17) is 18.9 Å². The van der Waals surface area contributed by atoms with Gasteiger partial charge in [0.05, 0.1) is 24.3 Å². The minimum absolute atomic E-state index is 0.101. The van der Waals surface area contributed by atoms with Crippen LogP contribution in [0.4, 0.5) is 4.79 Å². The van der Waals surface area contributed by atoms with Crippen LogP contribution in [0.25, 0.3) is 0 Å². The zero-order valence-electron chi connectivity index (χ0n) is 15.3. The molecule has 1 atom stereocenters. The Labute approximate surface area is 160 Å². The van der Waals surface area contributed by atoms with Gasteiger partial charge in [-0.15, -0.1) is 0 Å². The van der Waals surface area contributed by atoms with Crippen molar-refractivity contribution in [1.29, 1.82) is 0 Å². The van der Waals surface area contributed by atoms with Gasteiger partial charge in [0.15, 0.2) is 11.5 Å². The SMILES string of the molecule is COC(=O)c1cc(Br)c2c(c1C)O[C@@](C)(C1CCN(C(=O)OC)CC1)O2. The molecule has 7 nitrogen and oxygen atoms in total. The van der Waals surface area contributed by atoms with Gasteiger partial charge >= 0.3 is 12.1 Å². The van der Waals surface area contributed by atoms with E-state index < -0.39 is 11.8 Å². The van der Waals surface area contributed by atoms with Crippen LogP contribution in [-0.2, 0) is 9.47 Å². The van der Waals surface area contributed by atoms with Gasteiger partial charge in [0.25, 0.3) is 5.79 Å².